The molecule has 0 saturated carbocycles. The Kier molecular flexibility index (Phi) is 16.5. The van der Waals surface area contributed by atoms with Crippen molar-refractivity contribution in [2.75, 3.05) is 0 Å². The Morgan fingerprint density at radius 1 is 1.07 bits per heavy atom. The van der Waals surface area contributed by atoms with Gasteiger partial charge in [-0.05, 0) is 11.5 Å². The van der Waals surface area contributed by atoms with Gasteiger partial charge in [0, 0.05) is 20.1 Å². The third-order valence-corrected chi connectivity index (χ3v) is 1.05. The number of hydrogen-bond acceptors (Lipinski definition) is 2. The van der Waals surface area contributed by atoms with Gasteiger partial charge in [-0.25, -0.2) is 0 Å². The number of rotatable bonds is 2. The van der Waals surface area contributed by atoms with Gasteiger partial charge < -0.3 is 16.9 Å². The van der Waals surface area contributed by atoms with Crippen molar-refractivity contribution in [1.29, 1.82) is 0 Å². The molecule has 1 aromatic carbocycles. The van der Waals surface area contributed by atoms with Gasteiger partial charge in [-0.1, -0.05) is 0 Å². The predicted molar refractivity (Wildman–Crippen MR) is 54.9 cm³/mol. The van der Waals surface area contributed by atoms with E-state index in [0.29, 0.717) is 11.5 Å². The molecule has 0 aliphatic heterocycles. The minimum Gasteiger partial charge on any atom is -0.683 e. The van der Waals surface area contributed by atoms with Gasteiger partial charge in [0.05, 0.1) is 0 Å². The average molecular weight is 370 g/mol. The first kappa shape index (κ1) is 18.9. The van der Waals surface area contributed by atoms with Crippen molar-refractivity contribution in [3.8, 4) is 11.5 Å². The summed E-state index contributed by atoms with van der Waals surface area (Å²) in [7, 11) is 6.45. The first-order valence-corrected chi connectivity index (χ1v) is 3.23. The Labute approximate surface area is 100 Å². The molecular weight excluding hydrogens is 356 g/mol. The van der Waals surface area contributed by atoms with Crippen molar-refractivity contribution >= 4 is 0 Å². The van der Waals surface area contributed by atoms with Crippen LogP contribution < -0.4 is 9.47 Å². The van der Waals surface area contributed by atoms with Crippen molar-refractivity contribution in [3.63, 3.8) is 0 Å². The third kappa shape index (κ3) is 6.70. The van der Waals surface area contributed by atoms with E-state index >= 15 is 0 Å². The molecule has 0 aromatic heterocycles. The van der Waals surface area contributed by atoms with E-state index in [0.717, 1.165) is 0 Å². The van der Waals surface area contributed by atoms with Crippen molar-refractivity contribution in [2.24, 2.45) is 0 Å². The molecule has 3 heteroatoms. The van der Waals surface area contributed by atoms with Crippen LogP contribution in [0.3, 0.4) is 0 Å². The van der Waals surface area contributed by atoms with E-state index in [-0.39, 0.29) is 27.5 Å². The fourth-order valence-corrected chi connectivity index (χ4v) is 0.596. The molecule has 0 atom stereocenters. The summed E-state index contributed by atoms with van der Waals surface area (Å²) in [4.78, 5) is 0. The fraction of sp³-hybridized carbons (Fsp3) is 0. The van der Waals surface area contributed by atoms with Crippen LogP contribution in [0.25, 0.3) is 0 Å². The molecular formula is C11H14IrO2-4. The van der Waals surface area contributed by atoms with Crippen LogP contribution in [0.2, 0.25) is 0 Å². The Morgan fingerprint density at radius 2 is 1.43 bits per heavy atom. The van der Waals surface area contributed by atoms with Crippen molar-refractivity contribution < 1.29 is 29.6 Å². The van der Waals surface area contributed by atoms with Crippen LogP contribution in [0.4, 0.5) is 0 Å². The maximum absolute atomic E-state index is 4.64. The summed E-state index contributed by atoms with van der Waals surface area (Å²) >= 11 is 0. The number of benzene rings is 1. The van der Waals surface area contributed by atoms with Crippen LogP contribution >= 0.6 is 0 Å². The second-order valence-corrected chi connectivity index (χ2v) is 1.67. The van der Waals surface area contributed by atoms with E-state index in [1.807, 2.05) is 0 Å². The molecule has 2 nitrogen and oxygen atoms in total. The molecule has 0 bridgehead atoms. The van der Waals surface area contributed by atoms with Gasteiger partial charge in [-0.2, -0.15) is 20.3 Å². The molecule has 0 aliphatic carbocycles. The largest absolute Gasteiger partial charge is 0.683 e. The first-order chi connectivity index (χ1) is 5.86. The van der Waals surface area contributed by atoms with Crippen molar-refractivity contribution in [3.05, 3.63) is 59.1 Å². The monoisotopic (exact) mass is 371 g/mol. The Morgan fingerprint density at radius 3 is 1.71 bits per heavy atom. The normalized spacial score (nSPS) is 6.71. The Hall–Kier alpha value is -0.791. The van der Waals surface area contributed by atoms with Crippen LogP contribution in [0.5, 0.6) is 11.5 Å². The molecule has 1 radical (unpaired) electrons. The molecule has 0 fully saturated rings. The smallest absolute Gasteiger partial charge is 0 e. The average Bonchev–Trinajstić information content (AvgIpc) is 2.21. The van der Waals surface area contributed by atoms with E-state index < -0.39 is 0 Å². The molecule has 0 unspecified atom stereocenters. The van der Waals surface area contributed by atoms with Crippen molar-refractivity contribution in [1.82, 2.24) is 0 Å². The Balaban J connectivity index is -0.000000284. The van der Waals surface area contributed by atoms with Crippen molar-refractivity contribution in [2.45, 2.75) is 0 Å². The van der Waals surface area contributed by atoms with E-state index in [4.69, 9.17) is 0 Å². The van der Waals surface area contributed by atoms with Crippen LogP contribution in [-0.4, -0.2) is 0 Å². The fourth-order valence-electron chi connectivity index (χ4n) is 0.596. The molecule has 14 heavy (non-hydrogen) atoms. The minimum absolute atomic E-state index is 0. The second-order valence-electron chi connectivity index (χ2n) is 1.67. The van der Waals surface area contributed by atoms with Gasteiger partial charge in [0.2, 0.25) is 0 Å². The van der Waals surface area contributed by atoms with Crippen LogP contribution in [0, 0.1) is 27.7 Å². The summed E-state index contributed by atoms with van der Waals surface area (Å²) < 4.78 is 9.29. The molecule has 0 spiro atoms. The summed E-state index contributed by atoms with van der Waals surface area (Å²) in [6, 6.07) is 8.01. The Bertz CT molecular complexity index is 207. The SMILES string of the molecule is C=C.[CH2-]Oc1[c-]c(O[CH2-])ccc1.[CH3-].[Ir]. The summed E-state index contributed by atoms with van der Waals surface area (Å²) in [5.74, 6) is 1.09. The van der Waals surface area contributed by atoms with E-state index in [1.165, 1.54) is 0 Å². The van der Waals surface area contributed by atoms with Gasteiger partial charge in [0.15, 0.2) is 0 Å². The molecule has 0 N–H and O–H groups in total. The second kappa shape index (κ2) is 12.2. The number of ether oxygens (including phenoxy) is 2. The van der Waals surface area contributed by atoms with Gasteiger partial charge in [0.1, 0.15) is 0 Å². The molecule has 1 rings (SSSR count). The minimum atomic E-state index is 0. The molecule has 0 aliphatic rings. The molecule has 83 valence electrons. The summed E-state index contributed by atoms with van der Waals surface area (Å²) in [6.45, 7) is 6.00. The molecule has 0 heterocycles. The summed E-state index contributed by atoms with van der Waals surface area (Å²) in [5, 5.41) is 0. The van der Waals surface area contributed by atoms with Gasteiger partial charge >= 0.3 is 0 Å². The predicted octanol–water partition coefficient (Wildman–Crippen LogP) is 3.08. The zero-order valence-electron chi connectivity index (χ0n) is 8.21. The van der Waals surface area contributed by atoms with Gasteiger partial charge in [0.25, 0.3) is 0 Å². The standard InChI is InChI=1S/C8H7O2.C2H4.CH3.Ir/c1-9-7-4-3-5-8(6-7)10-2;1-2;;/h3-5H,1-2H2;1-2H2;1H3;/q-3;;-1;. The number of hydrogen-bond donors (Lipinski definition) is 0. The van der Waals surface area contributed by atoms with Gasteiger partial charge in [-0.15, -0.1) is 31.4 Å². The molecule has 0 amide bonds. The van der Waals surface area contributed by atoms with E-state index in [9.17, 15) is 0 Å². The molecule has 1 aromatic rings. The van der Waals surface area contributed by atoms with E-state index in [1.54, 1.807) is 18.2 Å². The maximum atomic E-state index is 4.64. The van der Waals surface area contributed by atoms with Crippen LogP contribution in [0.15, 0.2) is 31.4 Å². The van der Waals surface area contributed by atoms with Crippen LogP contribution in [0.1, 0.15) is 0 Å². The van der Waals surface area contributed by atoms with Gasteiger partial charge in [-0.3, -0.25) is 0 Å². The summed E-state index contributed by atoms with van der Waals surface area (Å²) in [6.07, 6.45) is 0. The zero-order chi connectivity index (χ0) is 9.40. The zero-order valence-corrected chi connectivity index (χ0v) is 10.6. The maximum Gasteiger partial charge on any atom is 0 e. The first-order valence-electron chi connectivity index (χ1n) is 3.23. The van der Waals surface area contributed by atoms with Crippen LogP contribution in [-0.2, 0) is 20.1 Å². The molecule has 0 saturated heterocycles. The topological polar surface area (TPSA) is 18.5 Å². The summed E-state index contributed by atoms with van der Waals surface area (Å²) in [5.41, 5.74) is 0. The third-order valence-electron chi connectivity index (χ3n) is 1.05. The van der Waals surface area contributed by atoms with E-state index in [2.05, 4.69) is 42.9 Å². The quantitative estimate of drug-likeness (QED) is 0.588.